The molecule has 0 bridgehead atoms. The van der Waals surface area contributed by atoms with E-state index in [0.717, 1.165) is 18.5 Å². The third-order valence-corrected chi connectivity index (χ3v) is 4.41. The molecule has 2 atom stereocenters. The summed E-state index contributed by atoms with van der Waals surface area (Å²) < 4.78 is 0. The van der Waals surface area contributed by atoms with E-state index < -0.39 is 0 Å². The summed E-state index contributed by atoms with van der Waals surface area (Å²) in [6.45, 7) is 5.54. The van der Waals surface area contributed by atoms with Crippen LogP contribution in [0.15, 0.2) is 30.3 Å². The minimum absolute atomic E-state index is 0.0803. The smallest absolute Gasteiger partial charge is 0.231 e. The van der Waals surface area contributed by atoms with E-state index in [-0.39, 0.29) is 11.8 Å². The van der Waals surface area contributed by atoms with Crippen LogP contribution in [0.1, 0.15) is 44.6 Å². The minimum atomic E-state index is -0.0803. The first-order valence-corrected chi connectivity index (χ1v) is 7.94. The molecule has 2 rings (SSSR count). The van der Waals surface area contributed by atoms with Crippen LogP contribution in [0.5, 0.6) is 0 Å². The lowest BCUT2D eigenvalue weighted by atomic mass is 9.84. The Morgan fingerprint density at radius 3 is 2.57 bits per heavy atom. The van der Waals surface area contributed by atoms with Gasteiger partial charge in [-0.3, -0.25) is 4.79 Å². The third kappa shape index (κ3) is 4.11. The van der Waals surface area contributed by atoms with Gasteiger partial charge in [-0.15, -0.1) is 6.42 Å². The van der Waals surface area contributed by atoms with Crippen molar-refractivity contribution in [2.75, 3.05) is 13.1 Å². The van der Waals surface area contributed by atoms with Gasteiger partial charge in [0.2, 0.25) is 5.91 Å². The molecule has 1 aliphatic rings. The van der Waals surface area contributed by atoms with Crippen LogP contribution in [-0.2, 0) is 4.79 Å². The highest BCUT2D eigenvalue weighted by Crippen LogP contribution is 2.33. The van der Waals surface area contributed by atoms with Gasteiger partial charge in [-0.05, 0) is 30.2 Å². The summed E-state index contributed by atoms with van der Waals surface area (Å²) in [5.41, 5.74) is 1.11. The molecule has 2 unspecified atom stereocenters. The zero-order valence-corrected chi connectivity index (χ0v) is 13.1. The lowest BCUT2D eigenvalue weighted by molar-refractivity contribution is -0.133. The van der Waals surface area contributed by atoms with Gasteiger partial charge in [-0.25, -0.2) is 0 Å². The van der Waals surface area contributed by atoms with Crippen molar-refractivity contribution in [3.8, 4) is 12.3 Å². The Kier molecular flexibility index (Phi) is 5.44. The summed E-state index contributed by atoms with van der Waals surface area (Å²) in [5.74, 6) is 3.75. The van der Waals surface area contributed by atoms with Crippen LogP contribution in [0.25, 0.3) is 0 Å². The number of rotatable bonds is 7. The molecule has 0 heterocycles. The highest BCUT2D eigenvalue weighted by atomic mass is 16.2. The van der Waals surface area contributed by atoms with Crippen molar-refractivity contribution in [2.45, 2.75) is 39.0 Å². The zero-order valence-electron chi connectivity index (χ0n) is 13.1. The zero-order chi connectivity index (χ0) is 15.2. The first-order chi connectivity index (χ1) is 10.2. The summed E-state index contributed by atoms with van der Waals surface area (Å²) in [6.07, 6.45) is 8.91. The number of carbonyl (C=O) groups is 1. The first kappa shape index (κ1) is 15.6. The summed E-state index contributed by atoms with van der Waals surface area (Å²) in [5, 5.41) is 0. The Balaban J connectivity index is 2.21. The summed E-state index contributed by atoms with van der Waals surface area (Å²) in [4.78, 5) is 14.9. The molecule has 2 nitrogen and oxygen atoms in total. The van der Waals surface area contributed by atoms with E-state index in [2.05, 4.69) is 31.9 Å². The van der Waals surface area contributed by atoms with Gasteiger partial charge < -0.3 is 4.90 Å². The SMILES string of the molecule is C#CCN(CC1CC1)C(=O)C(c1ccccc1)C(C)CC. The lowest BCUT2D eigenvalue weighted by Gasteiger charge is -2.29. The Hall–Kier alpha value is -1.75. The molecule has 1 fully saturated rings. The van der Waals surface area contributed by atoms with E-state index in [1.165, 1.54) is 12.8 Å². The van der Waals surface area contributed by atoms with Crippen LogP contribution >= 0.6 is 0 Å². The van der Waals surface area contributed by atoms with Gasteiger partial charge in [0.1, 0.15) is 0 Å². The van der Waals surface area contributed by atoms with Crippen molar-refractivity contribution in [2.24, 2.45) is 11.8 Å². The molecule has 0 radical (unpaired) electrons. The Morgan fingerprint density at radius 2 is 2.05 bits per heavy atom. The molecule has 0 N–H and O–H groups in total. The third-order valence-electron chi connectivity index (χ3n) is 4.41. The fourth-order valence-corrected chi connectivity index (χ4v) is 2.76. The van der Waals surface area contributed by atoms with Crippen LogP contribution in [0, 0.1) is 24.2 Å². The topological polar surface area (TPSA) is 20.3 Å². The fourth-order valence-electron chi connectivity index (χ4n) is 2.76. The molecule has 1 aromatic carbocycles. The van der Waals surface area contributed by atoms with Gasteiger partial charge in [0.25, 0.3) is 0 Å². The van der Waals surface area contributed by atoms with Crippen LogP contribution in [0.2, 0.25) is 0 Å². The summed E-state index contributed by atoms with van der Waals surface area (Å²) in [6, 6.07) is 10.1. The number of amides is 1. The van der Waals surface area contributed by atoms with Crippen molar-refractivity contribution < 1.29 is 4.79 Å². The van der Waals surface area contributed by atoms with E-state index in [4.69, 9.17) is 6.42 Å². The first-order valence-electron chi connectivity index (χ1n) is 7.94. The van der Waals surface area contributed by atoms with Crippen molar-refractivity contribution >= 4 is 5.91 Å². The average Bonchev–Trinajstić information content (AvgIpc) is 3.32. The monoisotopic (exact) mass is 283 g/mol. The van der Waals surface area contributed by atoms with Crippen LogP contribution in [0.3, 0.4) is 0 Å². The summed E-state index contributed by atoms with van der Waals surface area (Å²) in [7, 11) is 0. The molecule has 1 saturated carbocycles. The van der Waals surface area contributed by atoms with Gasteiger partial charge in [-0.1, -0.05) is 56.5 Å². The maximum Gasteiger partial charge on any atom is 0.231 e. The predicted octanol–water partition coefficient (Wildman–Crippen LogP) is 3.69. The van der Waals surface area contributed by atoms with Crippen molar-refractivity contribution in [1.29, 1.82) is 0 Å². The molecule has 0 aliphatic heterocycles. The molecule has 0 saturated heterocycles. The normalized spacial score (nSPS) is 16.8. The second kappa shape index (κ2) is 7.31. The van der Waals surface area contributed by atoms with Gasteiger partial charge in [0, 0.05) is 6.54 Å². The largest absolute Gasteiger partial charge is 0.331 e. The molecule has 1 aromatic rings. The van der Waals surface area contributed by atoms with Gasteiger partial charge >= 0.3 is 0 Å². The summed E-state index contributed by atoms with van der Waals surface area (Å²) >= 11 is 0. The molecule has 1 aliphatic carbocycles. The van der Waals surface area contributed by atoms with Crippen molar-refractivity contribution in [3.05, 3.63) is 35.9 Å². The predicted molar refractivity (Wildman–Crippen MR) is 86.8 cm³/mol. The van der Waals surface area contributed by atoms with E-state index in [1.807, 2.05) is 23.1 Å². The molecule has 21 heavy (non-hydrogen) atoms. The molecular formula is C19H25NO. The number of carbonyl (C=O) groups excluding carboxylic acids is 1. The lowest BCUT2D eigenvalue weighted by Crippen LogP contribution is -2.39. The maximum atomic E-state index is 13.0. The maximum absolute atomic E-state index is 13.0. The van der Waals surface area contributed by atoms with E-state index in [0.29, 0.717) is 18.4 Å². The average molecular weight is 283 g/mol. The van der Waals surface area contributed by atoms with E-state index >= 15 is 0 Å². The molecule has 2 heteroatoms. The quantitative estimate of drug-likeness (QED) is 0.699. The Labute approximate surface area is 128 Å². The Morgan fingerprint density at radius 1 is 1.38 bits per heavy atom. The van der Waals surface area contributed by atoms with Crippen molar-refractivity contribution in [1.82, 2.24) is 4.90 Å². The van der Waals surface area contributed by atoms with Gasteiger partial charge in [0.05, 0.1) is 12.5 Å². The highest BCUT2D eigenvalue weighted by molar-refractivity contribution is 5.84. The second-order valence-electron chi connectivity index (χ2n) is 6.14. The minimum Gasteiger partial charge on any atom is -0.331 e. The van der Waals surface area contributed by atoms with Crippen LogP contribution in [0.4, 0.5) is 0 Å². The van der Waals surface area contributed by atoms with E-state index in [1.54, 1.807) is 0 Å². The Bertz CT molecular complexity index is 498. The van der Waals surface area contributed by atoms with E-state index in [9.17, 15) is 4.79 Å². The van der Waals surface area contributed by atoms with Gasteiger partial charge in [-0.2, -0.15) is 0 Å². The molecule has 1 amide bonds. The molecular weight excluding hydrogens is 258 g/mol. The molecule has 0 spiro atoms. The van der Waals surface area contributed by atoms with Crippen LogP contribution in [-0.4, -0.2) is 23.9 Å². The standard InChI is InChI=1S/C19H25NO/c1-4-13-20(14-16-11-12-16)19(21)18(15(3)5-2)17-9-7-6-8-10-17/h1,6-10,15-16,18H,5,11-14H2,2-3H3. The number of nitrogens with zero attached hydrogens (tertiary/aromatic N) is 1. The molecule has 0 aromatic heterocycles. The van der Waals surface area contributed by atoms with Crippen LogP contribution < -0.4 is 0 Å². The van der Waals surface area contributed by atoms with Crippen molar-refractivity contribution in [3.63, 3.8) is 0 Å². The number of hydrogen-bond acceptors (Lipinski definition) is 1. The number of benzene rings is 1. The fraction of sp³-hybridized carbons (Fsp3) is 0.526. The van der Waals surface area contributed by atoms with Gasteiger partial charge in [0.15, 0.2) is 0 Å². The number of terminal acetylenes is 1. The second-order valence-corrected chi connectivity index (χ2v) is 6.14. The number of hydrogen-bond donors (Lipinski definition) is 0. The molecule has 112 valence electrons. The highest BCUT2D eigenvalue weighted by Gasteiger charge is 2.32.